The van der Waals surface area contributed by atoms with Gasteiger partial charge in [0.25, 0.3) is 0 Å². The molecule has 0 unspecified atom stereocenters. The fraction of sp³-hybridized carbons (Fsp3) is 0.400. The molecular formula is C10H9F6NO2. The van der Waals surface area contributed by atoms with Crippen molar-refractivity contribution >= 4 is 0 Å². The predicted molar refractivity (Wildman–Crippen MR) is 52.7 cm³/mol. The minimum atomic E-state index is -5.01. The molecule has 0 amide bonds. The molecule has 1 rings (SSSR count). The first-order valence-corrected chi connectivity index (χ1v) is 4.80. The lowest BCUT2D eigenvalue weighted by Crippen LogP contribution is -2.29. The van der Waals surface area contributed by atoms with E-state index in [1.807, 2.05) is 0 Å². The van der Waals surface area contributed by atoms with Crippen molar-refractivity contribution in [2.75, 3.05) is 7.11 Å². The van der Waals surface area contributed by atoms with Crippen LogP contribution in [0.5, 0.6) is 11.5 Å². The van der Waals surface area contributed by atoms with E-state index in [9.17, 15) is 26.3 Å². The zero-order valence-electron chi connectivity index (χ0n) is 9.47. The number of rotatable bonds is 3. The van der Waals surface area contributed by atoms with Crippen LogP contribution >= 0.6 is 0 Å². The van der Waals surface area contributed by atoms with Crippen LogP contribution in [-0.4, -0.2) is 19.6 Å². The number of hydrogen-bond donors (Lipinski definition) is 1. The second-order valence-electron chi connectivity index (χ2n) is 3.47. The fourth-order valence-electron chi connectivity index (χ4n) is 1.33. The predicted octanol–water partition coefficient (Wildman–Crippen LogP) is 3.16. The van der Waals surface area contributed by atoms with Gasteiger partial charge < -0.3 is 15.2 Å². The molecule has 0 aromatic heterocycles. The maximum Gasteiger partial charge on any atom is 0.573 e. The van der Waals surface area contributed by atoms with Gasteiger partial charge in [-0.2, -0.15) is 13.2 Å². The molecule has 0 spiro atoms. The van der Waals surface area contributed by atoms with Crippen LogP contribution < -0.4 is 15.2 Å². The van der Waals surface area contributed by atoms with Crippen molar-refractivity contribution in [1.29, 1.82) is 0 Å². The molecule has 108 valence electrons. The van der Waals surface area contributed by atoms with E-state index in [1.54, 1.807) is 0 Å². The number of nitrogens with two attached hydrogens (primary N) is 1. The van der Waals surface area contributed by atoms with E-state index in [2.05, 4.69) is 9.47 Å². The van der Waals surface area contributed by atoms with Crippen LogP contribution in [-0.2, 0) is 0 Å². The number of benzene rings is 1. The molecule has 0 saturated carbocycles. The number of alkyl halides is 6. The lowest BCUT2D eigenvalue weighted by Gasteiger charge is -2.19. The molecule has 1 aromatic rings. The van der Waals surface area contributed by atoms with Crippen LogP contribution in [0.25, 0.3) is 0 Å². The van der Waals surface area contributed by atoms with Gasteiger partial charge in [0.1, 0.15) is 17.5 Å². The summed E-state index contributed by atoms with van der Waals surface area (Å²) in [5.41, 5.74) is 4.30. The average Bonchev–Trinajstić information content (AvgIpc) is 2.24. The van der Waals surface area contributed by atoms with E-state index >= 15 is 0 Å². The van der Waals surface area contributed by atoms with Crippen molar-refractivity contribution in [3.05, 3.63) is 23.8 Å². The Morgan fingerprint density at radius 2 is 1.68 bits per heavy atom. The number of halogens is 6. The summed E-state index contributed by atoms with van der Waals surface area (Å²) in [6.07, 6.45) is -9.82. The Morgan fingerprint density at radius 1 is 1.11 bits per heavy atom. The van der Waals surface area contributed by atoms with Gasteiger partial charge >= 0.3 is 12.5 Å². The third kappa shape index (κ3) is 4.19. The summed E-state index contributed by atoms with van der Waals surface area (Å²) in [5.74, 6) is -1.08. The summed E-state index contributed by atoms with van der Waals surface area (Å²) in [7, 11) is 1.08. The van der Waals surface area contributed by atoms with E-state index in [0.717, 1.165) is 19.2 Å². The lowest BCUT2D eigenvalue weighted by atomic mass is 10.1. The van der Waals surface area contributed by atoms with Crippen molar-refractivity contribution in [1.82, 2.24) is 0 Å². The Labute approximate surface area is 103 Å². The van der Waals surface area contributed by atoms with Crippen LogP contribution in [0.2, 0.25) is 0 Å². The molecule has 0 bridgehead atoms. The van der Waals surface area contributed by atoms with E-state index in [1.165, 1.54) is 0 Å². The number of methoxy groups -OCH3 is 1. The average molecular weight is 289 g/mol. The molecule has 1 atom stereocenters. The van der Waals surface area contributed by atoms with Crippen LogP contribution in [0.1, 0.15) is 11.6 Å². The Kier molecular flexibility index (Phi) is 4.18. The van der Waals surface area contributed by atoms with E-state index in [4.69, 9.17) is 5.73 Å². The van der Waals surface area contributed by atoms with Gasteiger partial charge in [-0.1, -0.05) is 0 Å². The maximum absolute atomic E-state index is 12.5. The molecule has 0 radical (unpaired) electrons. The van der Waals surface area contributed by atoms with Crippen molar-refractivity contribution < 1.29 is 35.8 Å². The molecular weight excluding hydrogens is 280 g/mol. The third-order valence-corrected chi connectivity index (χ3v) is 2.12. The van der Waals surface area contributed by atoms with Gasteiger partial charge in [-0.05, 0) is 18.2 Å². The van der Waals surface area contributed by atoms with Crippen LogP contribution in [0, 0.1) is 0 Å². The molecule has 9 heteroatoms. The second kappa shape index (κ2) is 5.16. The Bertz CT molecular complexity index is 443. The maximum atomic E-state index is 12.5. The highest BCUT2D eigenvalue weighted by atomic mass is 19.4. The van der Waals surface area contributed by atoms with Crippen molar-refractivity contribution in [2.45, 2.75) is 18.6 Å². The second-order valence-corrected chi connectivity index (χ2v) is 3.47. The highest BCUT2D eigenvalue weighted by Gasteiger charge is 2.40. The van der Waals surface area contributed by atoms with Crippen LogP contribution in [0.4, 0.5) is 26.3 Å². The number of ether oxygens (including phenoxy) is 2. The summed E-state index contributed by atoms with van der Waals surface area (Å²) >= 11 is 0. The Hall–Kier alpha value is -1.64. The van der Waals surface area contributed by atoms with Gasteiger partial charge in [0.05, 0.1) is 7.11 Å². The van der Waals surface area contributed by atoms with Gasteiger partial charge in [0, 0.05) is 5.56 Å². The third-order valence-electron chi connectivity index (χ3n) is 2.12. The van der Waals surface area contributed by atoms with E-state index in [-0.39, 0.29) is 5.75 Å². The van der Waals surface area contributed by atoms with Crippen LogP contribution in [0.3, 0.4) is 0 Å². The topological polar surface area (TPSA) is 44.5 Å². The first kappa shape index (κ1) is 15.4. The van der Waals surface area contributed by atoms with Gasteiger partial charge in [0.15, 0.2) is 0 Å². The molecule has 2 N–H and O–H groups in total. The van der Waals surface area contributed by atoms with Crippen molar-refractivity contribution in [2.24, 2.45) is 5.73 Å². The van der Waals surface area contributed by atoms with Gasteiger partial charge in [0.2, 0.25) is 0 Å². The zero-order chi connectivity index (χ0) is 14.8. The normalized spacial score (nSPS) is 14.1. The fourth-order valence-corrected chi connectivity index (χ4v) is 1.33. The summed E-state index contributed by atoms with van der Waals surface area (Å²) in [4.78, 5) is 0. The summed E-state index contributed by atoms with van der Waals surface area (Å²) in [6, 6.07) is -0.176. The summed E-state index contributed by atoms with van der Waals surface area (Å²) < 4.78 is 81.5. The molecule has 19 heavy (non-hydrogen) atoms. The minimum Gasteiger partial charge on any atom is -0.496 e. The van der Waals surface area contributed by atoms with E-state index < -0.39 is 29.9 Å². The standard InChI is InChI=1S/C10H9F6NO2/c1-18-7-3-2-5(19-10(14,15)16)4-6(7)8(17)9(11,12)13/h2-4,8H,17H2,1H3/t8-/m1/s1. The van der Waals surface area contributed by atoms with Crippen LogP contribution in [0.15, 0.2) is 18.2 Å². The molecule has 0 heterocycles. The SMILES string of the molecule is COc1ccc(OC(F)(F)F)cc1[C@@H](N)C(F)(F)F. The molecule has 1 aromatic carbocycles. The molecule has 3 nitrogen and oxygen atoms in total. The smallest absolute Gasteiger partial charge is 0.496 e. The first-order valence-electron chi connectivity index (χ1n) is 4.80. The highest BCUT2D eigenvalue weighted by Crippen LogP contribution is 2.38. The van der Waals surface area contributed by atoms with Gasteiger partial charge in [-0.25, -0.2) is 0 Å². The molecule has 0 aliphatic rings. The quantitative estimate of drug-likeness (QED) is 0.869. The molecule has 0 fully saturated rings. The number of hydrogen-bond acceptors (Lipinski definition) is 3. The lowest BCUT2D eigenvalue weighted by molar-refractivity contribution is -0.274. The molecule has 0 saturated heterocycles. The largest absolute Gasteiger partial charge is 0.573 e. The Morgan fingerprint density at radius 3 is 2.11 bits per heavy atom. The Balaban J connectivity index is 3.17. The van der Waals surface area contributed by atoms with Gasteiger partial charge in [-0.3, -0.25) is 0 Å². The minimum absolute atomic E-state index is 0.278. The summed E-state index contributed by atoms with van der Waals surface area (Å²) in [5, 5.41) is 0. The summed E-state index contributed by atoms with van der Waals surface area (Å²) in [6.45, 7) is 0. The van der Waals surface area contributed by atoms with E-state index in [0.29, 0.717) is 6.07 Å². The van der Waals surface area contributed by atoms with Crippen molar-refractivity contribution in [3.63, 3.8) is 0 Å². The highest BCUT2D eigenvalue weighted by molar-refractivity contribution is 5.42. The van der Waals surface area contributed by atoms with Gasteiger partial charge in [-0.15, -0.1) is 13.2 Å². The van der Waals surface area contributed by atoms with Crippen molar-refractivity contribution in [3.8, 4) is 11.5 Å². The monoisotopic (exact) mass is 289 g/mol. The molecule has 0 aliphatic heterocycles. The first-order chi connectivity index (χ1) is 8.54. The zero-order valence-corrected chi connectivity index (χ0v) is 9.47. The molecule has 0 aliphatic carbocycles.